The zero-order chi connectivity index (χ0) is 29.3. The van der Waals surface area contributed by atoms with Crippen LogP contribution >= 0.6 is 0 Å². The summed E-state index contributed by atoms with van der Waals surface area (Å²) in [7, 11) is 0. The summed E-state index contributed by atoms with van der Waals surface area (Å²) in [5, 5.41) is 7.47. The SMILES string of the molecule is C1=CCCC(N(c2ccccc2)c2c3ccccc3cc3c2ccc2c(N(c4ccccc4)c4ccccc4)cccc23)=C1. The lowest BCUT2D eigenvalue weighted by Gasteiger charge is -2.31. The summed E-state index contributed by atoms with van der Waals surface area (Å²) in [5.74, 6) is 0. The lowest BCUT2D eigenvalue weighted by molar-refractivity contribution is 0.921. The number of rotatable bonds is 6. The number of para-hydroxylation sites is 3. The van der Waals surface area contributed by atoms with Crippen molar-refractivity contribution in [3.05, 3.63) is 176 Å². The fraction of sp³-hybridized carbons (Fsp3) is 0.0476. The summed E-state index contributed by atoms with van der Waals surface area (Å²) in [6.07, 6.45) is 8.77. The van der Waals surface area contributed by atoms with Gasteiger partial charge in [-0.2, -0.15) is 0 Å². The van der Waals surface area contributed by atoms with Crippen LogP contribution in [-0.4, -0.2) is 0 Å². The lowest BCUT2D eigenvalue weighted by Crippen LogP contribution is -2.18. The highest BCUT2D eigenvalue weighted by Crippen LogP contribution is 2.46. The molecule has 0 atom stereocenters. The normalized spacial score (nSPS) is 12.9. The standard InChI is InChI=1S/C42H32N2/c1-5-17-32(18-6-1)43(33-19-7-2-8-20-33)41-27-15-26-37-38(41)28-29-39-40(37)30-31-16-13-14-25-36(31)42(39)44(34-21-9-3-10-22-34)35-23-11-4-12-24-35/h1-11,13-23,25-30H,12,24H2. The first-order valence-electron chi connectivity index (χ1n) is 15.4. The Labute approximate surface area is 258 Å². The number of anilines is 5. The van der Waals surface area contributed by atoms with E-state index in [1.54, 1.807) is 0 Å². The molecule has 210 valence electrons. The van der Waals surface area contributed by atoms with Crippen molar-refractivity contribution in [1.29, 1.82) is 0 Å². The Balaban J connectivity index is 1.44. The summed E-state index contributed by atoms with van der Waals surface area (Å²) >= 11 is 0. The monoisotopic (exact) mass is 564 g/mol. The maximum Gasteiger partial charge on any atom is 0.0615 e. The zero-order valence-electron chi connectivity index (χ0n) is 24.5. The van der Waals surface area contributed by atoms with Gasteiger partial charge in [-0.25, -0.2) is 0 Å². The minimum atomic E-state index is 0.997. The van der Waals surface area contributed by atoms with Gasteiger partial charge >= 0.3 is 0 Å². The highest BCUT2D eigenvalue weighted by Gasteiger charge is 2.22. The Morgan fingerprint density at radius 3 is 1.68 bits per heavy atom. The van der Waals surface area contributed by atoms with Crippen molar-refractivity contribution in [2.45, 2.75) is 12.8 Å². The second-order valence-electron chi connectivity index (χ2n) is 11.3. The van der Waals surface area contributed by atoms with Crippen LogP contribution in [0.15, 0.2) is 176 Å². The molecule has 1 aliphatic rings. The van der Waals surface area contributed by atoms with Crippen LogP contribution in [0.2, 0.25) is 0 Å². The fourth-order valence-electron chi connectivity index (χ4n) is 6.67. The topological polar surface area (TPSA) is 6.48 Å². The molecule has 2 nitrogen and oxygen atoms in total. The van der Waals surface area contributed by atoms with E-state index in [9.17, 15) is 0 Å². The molecule has 1 aliphatic carbocycles. The van der Waals surface area contributed by atoms with Gasteiger partial charge in [-0.3, -0.25) is 0 Å². The Hall–Kier alpha value is -5.60. The summed E-state index contributed by atoms with van der Waals surface area (Å²) in [6.45, 7) is 0. The molecule has 0 amide bonds. The van der Waals surface area contributed by atoms with E-state index in [0.29, 0.717) is 0 Å². The van der Waals surface area contributed by atoms with E-state index in [4.69, 9.17) is 0 Å². The Kier molecular flexibility index (Phi) is 6.66. The highest BCUT2D eigenvalue weighted by molar-refractivity contribution is 6.22. The van der Waals surface area contributed by atoms with Crippen LogP contribution in [0, 0.1) is 0 Å². The molecule has 0 saturated heterocycles. The van der Waals surface area contributed by atoms with E-state index >= 15 is 0 Å². The molecule has 0 bridgehead atoms. The van der Waals surface area contributed by atoms with Gasteiger partial charge in [0.1, 0.15) is 0 Å². The molecule has 2 heteroatoms. The molecule has 8 rings (SSSR count). The molecule has 0 aromatic heterocycles. The molecular formula is C42H32N2. The molecule has 0 fully saturated rings. The average molecular weight is 565 g/mol. The molecule has 0 aliphatic heterocycles. The molecule has 0 unspecified atom stereocenters. The smallest absolute Gasteiger partial charge is 0.0615 e. The lowest BCUT2D eigenvalue weighted by atomic mass is 9.93. The molecule has 0 N–H and O–H groups in total. The van der Waals surface area contributed by atoms with E-state index < -0.39 is 0 Å². The molecule has 7 aromatic rings. The van der Waals surface area contributed by atoms with Gasteiger partial charge < -0.3 is 9.80 Å². The van der Waals surface area contributed by atoms with E-state index in [1.807, 2.05) is 0 Å². The van der Waals surface area contributed by atoms with Crippen LogP contribution in [0.3, 0.4) is 0 Å². The summed E-state index contributed by atoms with van der Waals surface area (Å²) in [4.78, 5) is 4.86. The van der Waals surface area contributed by atoms with Crippen molar-refractivity contribution < 1.29 is 0 Å². The fourth-order valence-corrected chi connectivity index (χ4v) is 6.67. The van der Waals surface area contributed by atoms with Gasteiger partial charge in [0, 0.05) is 38.9 Å². The molecule has 0 spiro atoms. The van der Waals surface area contributed by atoms with Gasteiger partial charge in [-0.15, -0.1) is 0 Å². The van der Waals surface area contributed by atoms with Crippen molar-refractivity contribution in [2.75, 3.05) is 9.80 Å². The molecule has 0 radical (unpaired) electrons. The number of nitrogens with zero attached hydrogens (tertiary/aromatic N) is 2. The third-order valence-electron chi connectivity index (χ3n) is 8.64. The Bertz CT molecular complexity index is 2120. The largest absolute Gasteiger partial charge is 0.313 e. The van der Waals surface area contributed by atoms with Gasteiger partial charge in [0.25, 0.3) is 0 Å². The van der Waals surface area contributed by atoms with Crippen LogP contribution in [0.5, 0.6) is 0 Å². The second-order valence-corrected chi connectivity index (χ2v) is 11.3. The van der Waals surface area contributed by atoms with E-state index in [2.05, 4.69) is 180 Å². The number of allylic oxidation sites excluding steroid dienone is 4. The van der Waals surface area contributed by atoms with Gasteiger partial charge in [0.15, 0.2) is 0 Å². The molecule has 7 aromatic carbocycles. The van der Waals surface area contributed by atoms with Gasteiger partial charge in [0.05, 0.1) is 11.4 Å². The van der Waals surface area contributed by atoms with Gasteiger partial charge in [-0.1, -0.05) is 115 Å². The minimum absolute atomic E-state index is 0.997. The first-order chi connectivity index (χ1) is 21.9. The van der Waals surface area contributed by atoms with Crippen molar-refractivity contribution in [3.63, 3.8) is 0 Å². The quantitative estimate of drug-likeness (QED) is 0.146. The third kappa shape index (κ3) is 4.53. The van der Waals surface area contributed by atoms with Crippen LogP contribution in [0.4, 0.5) is 28.4 Å². The molecular weight excluding hydrogens is 532 g/mol. The zero-order valence-corrected chi connectivity index (χ0v) is 24.5. The van der Waals surface area contributed by atoms with Crippen molar-refractivity contribution in [3.8, 4) is 0 Å². The molecule has 0 saturated carbocycles. The third-order valence-corrected chi connectivity index (χ3v) is 8.64. The van der Waals surface area contributed by atoms with Crippen molar-refractivity contribution >= 4 is 60.8 Å². The van der Waals surface area contributed by atoms with Crippen molar-refractivity contribution in [2.24, 2.45) is 0 Å². The van der Waals surface area contributed by atoms with Crippen molar-refractivity contribution in [1.82, 2.24) is 0 Å². The van der Waals surface area contributed by atoms with E-state index in [1.165, 1.54) is 49.4 Å². The summed E-state index contributed by atoms with van der Waals surface area (Å²) in [6, 6.07) is 54.7. The highest BCUT2D eigenvalue weighted by atomic mass is 15.2. The minimum Gasteiger partial charge on any atom is -0.313 e. The van der Waals surface area contributed by atoms with Crippen LogP contribution in [0.25, 0.3) is 32.3 Å². The van der Waals surface area contributed by atoms with Crippen LogP contribution in [-0.2, 0) is 0 Å². The van der Waals surface area contributed by atoms with Crippen LogP contribution in [0.1, 0.15) is 12.8 Å². The molecule has 0 heterocycles. The first-order valence-corrected chi connectivity index (χ1v) is 15.4. The van der Waals surface area contributed by atoms with Gasteiger partial charge in [0.2, 0.25) is 0 Å². The maximum absolute atomic E-state index is 2.49. The predicted molar refractivity (Wildman–Crippen MR) is 189 cm³/mol. The van der Waals surface area contributed by atoms with E-state index in [0.717, 1.165) is 29.9 Å². The average Bonchev–Trinajstić information content (AvgIpc) is 3.10. The Morgan fingerprint density at radius 2 is 1.02 bits per heavy atom. The second kappa shape index (κ2) is 11.2. The number of benzene rings is 7. The predicted octanol–water partition coefficient (Wildman–Crippen LogP) is 12.0. The molecule has 44 heavy (non-hydrogen) atoms. The number of hydrogen-bond donors (Lipinski definition) is 0. The number of hydrogen-bond acceptors (Lipinski definition) is 2. The summed E-state index contributed by atoms with van der Waals surface area (Å²) in [5.41, 5.74) is 7.16. The van der Waals surface area contributed by atoms with Crippen LogP contribution < -0.4 is 9.80 Å². The number of fused-ring (bicyclic) bond motifs is 4. The maximum atomic E-state index is 2.49. The first kappa shape index (κ1) is 26.1. The van der Waals surface area contributed by atoms with E-state index in [-0.39, 0.29) is 0 Å². The van der Waals surface area contributed by atoms with Gasteiger partial charge in [-0.05, 0) is 83.6 Å². The summed E-state index contributed by atoms with van der Waals surface area (Å²) < 4.78 is 0. The Morgan fingerprint density at radius 1 is 0.432 bits per heavy atom.